The van der Waals surface area contributed by atoms with Gasteiger partial charge in [0.25, 0.3) is 5.89 Å². The number of benzene rings is 2. The van der Waals surface area contributed by atoms with Crippen molar-refractivity contribution in [3.05, 3.63) is 48.5 Å². The Balaban J connectivity index is 1.66. The summed E-state index contributed by atoms with van der Waals surface area (Å²) in [6.45, 7) is 1.46. The number of aromatic nitrogens is 2. The minimum absolute atomic E-state index is 0.184. The molecule has 146 valence electrons. The van der Waals surface area contributed by atoms with Crippen LogP contribution in [-0.2, 0) is 14.8 Å². The highest BCUT2D eigenvalue weighted by atomic mass is 32.2. The third-order valence-electron chi connectivity index (χ3n) is 4.45. The second-order valence-electron chi connectivity index (χ2n) is 6.16. The van der Waals surface area contributed by atoms with Crippen LogP contribution in [0.25, 0.3) is 22.9 Å². The average Bonchev–Trinajstić information content (AvgIpc) is 3.24. The van der Waals surface area contributed by atoms with E-state index in [9.17, 15) is 8.42 Å². The van der Waals surface area contributed by atoms with Crippen molar-refractivity contribution in [3.63, 3.8) is 0 Å². The minimum Gasteiger partial charge on any atom is -0.496 e. The normalized spacial score (nSPS) is 15.5. The SMILES string of the molecule is COc1ccccc1-c1nnc(-c2cccc(S(=O)(=O)N3CCOCC3)c2)o1. The van der Waals surface area contributed by atoms with E-state index in [0.717, 1.165) is 0 Å². The van der Waals surface area contributed by atoms with Crippen LogP contribution in [0.4, 0.5) is 0 Å². The van der Waals surface area contributed by atoms with Gasteiger partial charge < -0.3 is 13.9 Å². The Bertz CT molecular complexity index is 1070. The van der Waals surface area contributed by atoms with E-state index in [1.807, 2.05) is 18.2 Å². The molecule has 8 nitrogen and oxygen atoms in total. The molecule has 0 N–H and O–H groups in total. The molecule has 28 heavy (non-hydrogen) atoms. The zero-order chi connectivity index (χ0) is 19.6. The lowest BCUT2D eigenvalue weighted by Gasteiger charge is -2.26. The zero-order valence-corrected chi connectivity index (χ0v) is 16.1. The molecule has 0 saturated carbocycles. The molecule has 0 atom stereocenters. The van der Waals surface area contributed by atoms with Crippen molar-refractivity contribution in [1.29, 1.82) is 0 Å². The Morgan fingerprint density at radius 2 is 1.75 bits per heavy atom. The Kier molecular flexibility index (Phi) is 5.12. The fourth-order valence-electron chi connectivity index (χ4n) is 3.00. The molecule has 0 amide bonds. The first kappa shape index (κ1) is 18.6. The maximum absolute atomic E-state index is 12.9. The number of rotatable bonds is 5. The molecule has 0 aliphatic carbocycles. The lowest BCUT2D eigenvalue weighted by Crippen LogP contribution is -2.40. The predicted molar refractivity (Wildman–Crippen MR) is 101 cm³/mol. The summed E-state index contributed by atoms with van der Waals surface area (Å²) in [5.41, 5.74) is 1.20. The molecule has 0 spiro atoms. The quantitative estimate of drug-likeness (QED) is 0.648. The lowest BCUT2D eigenvalue weighted by molar-refractivity contribution is 0.0730. The fraction of sp³-hybridized carbons (Fsp3) is 0.263. The number of sulfonamides is 1. The number of hydrogen-bond donors (Lipinski definition) is 0. The van der Waals surface area contributed by atoms with Gasteiger partial charge in [-0.3, -0.25) is 0 Å². The molecule has 0 bridgehead atoms. The van der Waals surface area contributed by atoms with E-state index >= 15 is 0 Å². The van der Waals surface area contributed by atoms with Gasteiger partial charge >= 0.3 is 0 Å². The van der Waals surface area contributed by atoms with E-state index in [-0.39, 0.29) is 10.8 Å². The molecule has 2 heterocycles. The van der Waals surface area contributed by atoms with Crippen molar-refractivity contribution in [2.24, 2.45) is 0 Å². The van der Waals surface area contributed by atoms with E-state index in [1.54, 1.807) is 37.4 Å². The molecule has 2 aromatic carbocycles. The van der Waals surface area contributed by atoms with E-state index in [1.165, 1.54) is 4.31 Å². The average molecular weight is 401 g/mol. The highest BCUT2D eigenvalue weighted by Crippen LogP contribution is 2.31. The lowest BCUT2D eigenvalue weighted by atomic mass is 10.2. The van der Waals surface area contributed by atoms with Crippen LogP contribution in [0.15, 0.2) is 57.8 Å². The van der Waals surface area contributed by atoms with Gasteiger partial charge in [0, 0.05) is 18.7 Å². The van der Waals surface area contributed by atoms with Crippen LogP contribution in [-0.4, -0.2) is 56.3 Å². The summed E-state index contributed by atoms with van der Waals surface area (Å²) < 4.78 is 43.5. The van der Waals surface area contributed by atoms with Gasteiger partial charge in [0.2, 0.25) is 15.9 Å². The summed E-state index contributed by atoms with van der Waals surface area (Å²) in [5, 5.41) is 8.15. The van der Waals surface area contributed by atoms with E-state index < -0.39 is 10.0 Å². The number of nitrogens with zero attached hydrogens (tertiary/aromatic N) is 3. The van der Waals surface area contributed by atoms with Crippen molar-refractivity contribution >= 4 is 10.0 Å². The van der Waals surface area contributed by atoms with Gasteiger partial charge in [-0.05, 0) is 30.3 Å². The van der Waals surface area contributed by atoms with Gasteiger partial charge in [-0.2, -0.15) is 4.31 Å². The van der Waals surface area contributed by atoms with Gasteiger partial charge in [0.05, 0.1) is 30.8 Å². The minimum atomic E-state index is -3.61. The van der Waals surface area contributed by atoms with Crippen molar-refractivity contribution in [1.82, 2.24) is 14.5 Å². The summed E-state index contributed by atoms with van der Waals surface area (Å²) in [4.78, 5) is 0.184. The van der Waals surface area contributed by atoms with Gasteiger partial charge in [-0.15, -0.1) is 10.2 Å². The summed E-state index contributed by atoms with van der Waals surface area (Å²) >= 11 is 0. The maximum Gasteiger partial charge on any atom is 0.251 e. The topological polar surface area (TPSA) is 94.8 Å². The van der Waals surface area contributed by atoms with Gasteiger partial charge in [0.15, 0.2) is 0 Å². The predicted octanol–water partition coefficient (Wildman–Crippen LogP) is 2.43. The summed E-state index contributed by atoms with van der Waals surface area (Å²) in [6, 6.07) is 13.8. The molecule has 0 unspecified atom stereocenters. The second-order valence-corrected chi connectivity index (χ2v) is 8.09. The van der Waals surface area contributed by atoms with Crippen LogP contribution in [0, 0.1) is 0 Å². The molecule has 1 aliphatic heterocycles. The first-order chi connectivity index (χ1) is 13.6. The molecule has 3 aromatic rings. The van der Waals surface area contributed by atoms with Gasteiger partial charge in [0.1, 0.15) is 5.75 Å². The number of hydrogen-bond acceptors (Lipinski definition) is 7. The fourth-order valence-corrected chi connectivity index (χ4v) is 4.45. The van der Waals surface area contributed by atoms with Crippen LogP contribution in [0.2, 0.25) is 0 Å². The van der Waals surface area contributed by atoms with Crippen molar-refractivity contribution in [3.8, 4) is 28.7 Å². The van der Waals surface area contributed by atoms with Crippen LogP contribution in [0.3, 0.4) is 0 Å². The van der Waals surface area contributed by atoms with Crippen LogP contribution in [0.1, 0.15) is 0 Å². The summed E-state index contributed by atoms with van der Waals surface area (Å²) in [6.07, 6.45) is 0. The van der Waals surface area contributed by atoms with E-state index in [2.05, 4.69) is 10.2 Å². The Labute approximate surface area is 162 Å². The second kappa shape index (κ2) is 7.70. The number of para-hydroxylation sites is 1. The van der Waals surface area contributed by atoms with E-state index in [0.29, 0.717) is 49.1 Å². The molecule has 9 heteroatoms. The molecule has 4 rings (SSSR count). The highest BCUT2D eigenvalue weighted by molar-refractivity contribution is 7.89. The Hall–Kier alpha value is -2.75. The largest absolute Gasteiger partial charge is 0.496 e. The molecule has 0 radical (unpaired) electrons. The van der Waals surface area contributed by atoms with Gasteiger partial charge in [-0.25, -0.2) is 8.42 Å². The number of ether oxygens (including phenoxy) is 2. The number of methoxy groups -OCH3 is 1. The molecular formula is C19H19N3O5S. The molecule has 1 aliphatic rings. The zero-order valence-electron chi connectivity index (χ0n) is 15.2. The Morgan fingerprint density at radius 1 is 1.00 bits per heavy atom. The molecule has 1 fully saturated rings. The van der Waals surface area contributed by atoms with Crippen molar-refractivity contribution < 1.29 is 22.3 Å². The third-order valence-corrected chi connectivity index (χ3v) is 6.35. The van der Waals surface area contributed by atoms with Gasteiger partial charge in [-0.1, -0.05) is 18.2 Å². The third kappa shape index (κ3) is 3.51. The highest BCUT2D eigenvalue weighted by Gasteiger charge is 2.27. The monoisotopic (exact) mass is 401 g/mol. The van der Waals surface area contributed by atoms with Crippen LogP contribution in [0.5, 0.6) is 5.75 Å². The molecule has 1 saturated heterocycles. The van der Waals surface area contributed by atoms with Crippen LogP contribution >= 0.6 is 0 Å². The first-order valence-corrected chi connectivity index (χ1v) is 10.2. The summed E-state index contributed by atoms with van der Waals surface area (Å²) in [5.74, 6) is 1.15. The standard InChI is InChI=1S/C19H19N3O5S/c1-25-17-8-3-2-7-16(17)19-21-20-18(27-19)14-5-4-6-15(13-14)28(23,24)22-9-11-26-12-10-22/h2-8,13H,9-12H2,1H3. The van der Waals surface area contributed by atoms with Crippen LogP contribution < -0.4 is 4.74 Å². The molecular weight excluding hydrogens is 382 g/mol. The molecule has 1 aromatic heterocycles. The van der Waals surface area contributed by atoms with Crippen molar-refractivity contribution in [2.45, 2.75) is 4.90 Å². The summed E-state index contributed by atoms with van der Waals surface area (Å²) in [7, 11) is -2.04. The van der Waals surface area contributed by atoms with E-state index in [4.69, 9.17) is 13.9 Å². The van der Waals surface area contributed by atoms with Crippen molar-refractivity contribution in [2.75, 3.05) is 33.4 Å². The number of morpholine rings is 1. The Morgan fingerprint density at radius 3 is 2.54 bits per heavy atom. The smallest absolute Gasteiger partial charge is 0.251 e. The first-order valence-electron chi connectivity index (χ1n) is 8.75. The maximum atomic E-state index is 12.9.